The highest BCUT2D eigenvalue weighted by Gasteiger charge is 2.22. The number of benzene rings is 3. The van der Waals surface area contributed by atoms with Gasteiger partial charge in [-0.1, -0.05) is 35.9 Å². The Bertz CT molecular complexity index is 1140. The molecule has 168 valence electrons. The van der Waals surface area contributed by atoms with Gasteiger partial charge < -0.3 is 14.4 Å². The van der Waals surface area contributed by atoms with Crippen molar-refractivity contribution in [3.63, 3.8) is 0 Å². The van der Waals surface area contributed by atoms with E-state index in [9.17, 15) is 13.4 Å². The summed E-state index contributed by atoms with van der Waals surface area (Å²) in [6, 6.07) is 16.5. The van der Waals surface area contributed by atoms with Crippen LogP contribution in [0.25, 0.3) is 0 Å². The van der Waals surface area contributed by atoms with Crippen molar-refractivity contribution in [2.75, 3.05) is 30.5 Å². The molecule has 0 bridgehead atoms. The number of methoxy groups -OCH3 is 2. The molecule has 0 saturated heterocycles. The van der Waals surface area contributed by atoms with Gasteiger partial charge in [-0.25, -0.2) is 12.9 Å². The highest BCUT2D eigenvalue weighted by atomic mass is 35.5. The number of nitrogens with zero attached hydrogens (tertiary/aromatic N) is 2. The van der Waals surface area contributed by atoms with Crippen molar-refractivity contribution in [3.05, 3.63) is 77.1 Å². The Morgan fingerprint density at radius 2 is 1.75 bits per heavy atom. The maximum atomic E-state index is 14.4. The predicted molar refractivity (Wildman–Crippen MR) is 124 cm³/mol. The number of ether oxygens (including phenoxy) is 2. The lowest BCUT2D eigenvalue weighted by Crippen LogP contribution is -2.26. The van der Waals surface area contributed by atoms with E-state index >= 15 is 0 Å². The third kappa shape index (κ3) is 4.87. The Labute approximate surface area is 193 Å². The summed E-state index contributed by atoms with van der Waals surface area (Å²) in [6.07, 6.45) is 0.491. The van der Waals surface area contributed by atoms with Gasteiger partial charge in [0, 0.05) is 25.2 Å². The Morgan fingerprint density at radius 3 is 2.44 bits per heavy atom. The number of amides is 1. The average Bonchev–Trinajstić information content (AvgIpc) is 2.82. The van der Waals surface area contributed by atoms with Crippen LogP contribution < -0.4 is 18.7 Å². The SMILES string of the molecule is COc1ccc(N(C=O)S(=O)c2ccccc2N(C)Cc2cccc(Cl)c2F)cc1OC. The van der Waals surface area contributed by atoms with E-state index in [0.717, 1.165) is 4.31 Å². The molecule has 0 N–H and O–H groups in total. The van der Waals surface area contributed by atoms with Crippen LogP contribution in [-0.4, -0.2) is 31.9 Å². The second kappa shape index (κ2) is 10.5. The van der Waals surface area contributed by atoms with Gasteiger partial charge >= 0.3 is 0 Å². The molecule has 1 atom stereocenters. The molecule has 9 heteroatoms. The van der Waals surface area contributed by atoms with Crippen LogP contribution in [0.1, 0.15) is 5.56 Å². The van der Waals surface area contributed by atoms with E-state index < -0.39 is 16.8 Å². The number of carbonyl (C=O) groups excluding carboxylic acids is 1. The molecule has 0 radical (unpaired) electrons. The standard InChI is InChI=1S/C23H22ClFN2O4S/c1-26(14-16-7-6-8-18(24)23(16)25)19-9-4-5-10-22(19)32(29)27(15-28)17-11-12-20(30-2)21(13-17)31-3/h4-13,15H,14H2,1-3H3. The molecule has 1 unspecified atom stereocenters. The second-order valence-corrected chi connectivity index (χ2v) is 8.50. The molecule has 0 aliphatic heterocycles. The lowest BCUT2D eigenvalue weighted by molar-refractivity contribution is -0.106. The fourth-order valence-corrected chi connectivity index (χ4v) is 4.58. The third-order valence-electron chi connectivity index (χ3n) is 4.80. The van der Waals surface area contributed by atoms with Gasteiger partial charge in [0.05, 0.1) is 35.5 Å². The highest BCUT2D eigenvalue weighted by molar-refractivity contribution is 7.87. The molecular weight excluding hydrogens is 455 g/mol. The number of halogens is 2. The molecule has 0 aliphatic carbocycles. The maximum absolute atomic E-state index is 14.4. The molecule has 32 heavy (non-hydrogen) atoms. The predicted octanol–water partition coefficient (Wildman–Crippen LogP) is 4.82. The van der Waals surface area contributed by atoms with Crippen molar-refractivity contribution in [2.24, 2.45) is 0 Å². The van der Waals surface area contributed by atoms with Crippen molar-refractivity contribution in [3.8, 4) is 11.5 Å². The molecule has 0 aromatic heterocycles. The summed E-state index contributed by atoms with van der Waals surface area (Å²) in [5.74, 6) is 0.381. The summed E-state index contributed by atoms with van der Waals surface area (Å²) < 4.78 is 39.4. The molecule has 6 nitrogen and oxygen atoms in total. The average molecular weight is 477 g/mol. The summed E-state index contributed by atoms with van der Waals surface area (Å²) >= 11 is 5.89. The van der Waals surface area contributed by atoms with E-state index in [2.05, 4.69) is 0 Å². The summed E-state index contributed by atoms with van der Waals surface area (Å²) in [4.78, 5) is 14.0. The number of para-hydroxylation sites is 1. The van der Waals surface area contributed by atoms with Crippen molar-refractivity contribution in [1.82, 2.24) is 0 Å². The van der Waals surface area contributed by atoms with E-state index in [-0.39, 0.29) is 11.6 Å². The van der Waals surface area contributed by atoms with E-state index in [1.807, 2.05) is 0 Å². The van der Waals surface area contributed by atoms with Gasteiger partial charge in [0.15, 0.2) is 22.5 Å². The summed E-state index contributed by atoms with van der Waals surface area (Å²) in [6.45, 7) is 0.193. The molecule has 0 fully saturated rings. The Kier molecular flexibility index (Phi) is 7.71. The molecule has 3 rings (SSSR count). The van der Waals surface area contributed by atoms with Crippen LogP contribution in [0.4, 0.5) is 15.8 Å². The smallest absolute Gasteiger partial charge is 0.226 e. The van der Waals surface area contributed by atoms with Crippen LogP contribution in [0.2, 0.25) is 5.02 Å². The number of anilines is 2. The number of rotatable bonds is 9. The zero-order valence-corrected chi connectivity index (χ0v) is 19.3. The van der Waals surface area contributed by atoms with E-state index in [1.165, 1.54) is 20.3 Å². The zero-order valence-electron chi connectivity index (χ0n) is 17.7. The first-order valence-electron chi connectivity index (χ1n) is 9.52. The van der Waals surface area contributed by atoms with Crippen LogP contribution in [-0.2, 0) is 22.3 Å². The Morgan fingerprint density at radius 1 is 1.03 bits per heavy atom. The zero-order chi connectivity index (χ0) is 23.3. The van der Waals surface area contributed by atoms with Crippen LogP contribution in [0.15, 0.2) is 65.6 Å². The van der Waals surface area contributed by atoms with Gasteiger partial charge in [-0.05, 0) is 30.3 Å². The van der Waals surface area contributed by atoms with Crippen molar-refractivity contribution < 1.29 is 22.9 Å². The lowest BCUT2D eigenvalue weighted by atomic mass is 10.2. The molecule has 0 aliphatic rings. The van der Waals surface area contributed by atoms with Crippen molar-refractivity contribution >= 4 is 40.4 Å². The molecule has 3 aromatic carbocycles. The first-order chi connectivity index (χ1) is 15.4. The molecule has 1 amide bonds. The topological polar surface area (TPSA) is 59.1 Å². The van der Waals surface area contributed by atoms with E-state index in [4.69, 9.17) is 21.1 Å². The molecule has 3 aromatic rings. The number of carbonyl (C=O) groups is 1. The van der Waals surface area contributed by atoms with Crippen LogP contribution in [0.3, 0.4) is 0 Å². The first-order valence-corrected chi connectivity index (χ1v) is 11.0. The molecule has 0 saturated carbocycles. The van der Waals surface area contributed by atoms with Gasteiger partial charge in [-0.15, -0.1) is 0 Å². The fraction of sp³-hybridized carbons (Fsp3) is 0.174. The Balaban J connectivity index is 1.95. The van der Waals surface area contributed by atoms with Crippen molar-refractivity contribution in [1.29, 1.82) is 0 Å². The van der Waals surface area contributed by atoms with Crippen LogP contribution in [0, 0.1) is 5.82 Å². The van der Waals surface area contributed by atoms with Gasteiger partial charge in [-0.2, -0.15) is 0 Å². The van der Waals surface area contributed by atoms with Gasteiger partial charge in [0.2, 0.25) is 6.41 Å². The molecule has 0 spiro atoms. The minimum atomic E-state index is -1.88. The summed E-state index contributed by atoms with van der Waals surface area (Å²) in [7, 11) is 2.84. The van der Waals surface area contributed by atoms with Crippen LogP contribution in [0.5, 0.6) is 11.5 Å². The minimum Gasteiger partial charge on any atom is -0.493 e. The first kappa shape index (κ1) is 23.6. The summed E-state index contributed by atoms with van der Waals surface area (Å²) in [5.41, 5.74) is 1.35. The second-order valence-electron chi connectivity index (χ2n) is 6.76. The maximum Gasteiger partial charge on any atom is 0.226 e. The minimum absolute atomic E-state index is 0.0355. The van der Waals surface area contributed by atoms with Crippen LogP contribution >= 0.6 is 11.6 Å². The summed E-state index contributed by atoms with van der Waals surface area (Å²) in [5, 5.41) is 0.0355. The van der Waals surface area contributed by atoms with E-state index in [0.29, 0.717) is 39.7 Å². The largest absolute Gasteiger partial charge is 0.493 e. The Hall–Kier alpha value is -3.10. The molecular formula is C23H22ClFN2O4S. The van der Waals surface area contributed by atoms with Crippen molar-refractivity contribution in [2.45, 2.75) is 11.4 Å². The fourth-order valence-electron chi connectivity index (χ4n) is 3.20. The number of hydrogen-bond donors (Lipinski definition) is 0. The van der Waals surface area contributed by atoms with Gasteiger partial charge in [0.25, 0.3) is 0 Å². The van der Waals surface area contributed by atoms with Gasteiger partial charge in [-0.3, -0.25) is 4.79 Å². The normalized spacial score (nSPS) is 11.5. The quantitative estimate of drug-likeness (QED) is 0.414. The third-order valence-corrected chi connectivity index (χ3v) is 6.47. The van der Waals surface area contributed by atoms with E-state index in [1.54, 1.807) is 66.5 Å². The monoisotopic (exact) mass is 476 g/mol. The molecule has 0 heterocycles. The van der Waals surface area contributed by atoms with Gasteiger partial charge in [0.1, 0.15) is 5.82 Å². The lowest BCUT2D eigenvalue weighted by Gasteiger charge is -2.25. The number of hydrogen-bond acceptors (Lipinski definition) is 5. The highest BCUT2D eigenvalue weighted by Crippen LogP contribution is 2.34.